The van der Waals surface area contributed by atoms with Crippen LogP contribution in [-0.4, -0.2) is 30.6 Å². The quantitative estimate of drug-likeness (QED) is 0.891. The highest BCUT2D eigenvalue weighted by Crippen LogP contribution is 2.18. The van der Waals surface area contributed by atoms with E-state index in [2.05, 4.69) is 49.2 Å². The first-order chi connectivity index (χ1) is 9.19. The molecule has 1 aromatic carbocycles. The van der Waals surface area contributed by atoms with E-state index in [0.717, 1.165) is 12.6 Å². The molecule has 0 spiro atoms. The monoisotopic (exact) mass is 296 g/mol. The van der Waals surface area contributed by atoms with Crippen LogP contribution in [-0.2, 0) is 6.54 Å². The van der Waals surface area contributed by atoms with Crippen LogP contribution in [0.5, 0.6) is 0 Å². The number of piperidine rings is 1. The Morgan fingerprint density at radius 3 is 2.25 bits per heavy atom. The van der Waals surface area contributed by atoms with Crippen molar-refractivity contribution in [2.45, 2.75) is 52.6 Å². The molecule has 1 saturated heterocycles. The van der Waals surface area contributed by atoms with E-state index >= 15 is 0 Å². The van der Waals surface area contributed by atoms with Crippen LogP contribution in [0.25, 0.3) is 0 Å². The number of hydrogen-bond donors (Lipinski definition) is 1. The van der Waals surface area contributed by atoms with Crippen molar-refractivity contribution in [3.05, 3.63) is 34.9 Å². The Morgan fingerprint density at radius 1 is 1.10 bits per heavy atom. The molecule has 0 unspecified atom stereocenters. The summed E-state index contributed by atoms with van der Waals surface area (Å²) < 4.78 is 0. The van der Waals surface area contributed by atoms with Crippen molar-refractivity contribution in [2.75, 3.05) is 19.6 Å². The molecule has 114 valence electrons. The van der Waals surface area contributed by atoms with Crippen LogP contribution in [0.15, 0.2) is 18.2 Å². The van der Waals surface area contributed by atoms with Crippen molar-refractivity contribution in [2.24, 2.45) is 0 Å². The van der Waals surface area contributed by atoms with Gasteiger partial charge < -0.3 is 5.32 Å². The van der Waals surface area contributed by atoms with Crippen LogP contribution >= 0.6 is 12.4 Å². The first-order valence-electron chi connectivity index (χ1n) is 7.71. The number of halogens is 1. The second kappa shape index (κ2) is 8.66. The summed E-state index contributed by atoms with van der Waals surface area (Å²) in [4.78, 5) is 2.69. The molecule has 0 bridgehead atoms. The second-order valence-electron chi connectivity index (χ2n) is 5.95. The fourth-order valence-electron chi connectivity index (χ4n) is 3.24. The van der Waals surface area contributed by atoms with Gasteiger partial charge in [-0.3, -0.25) is 4.90 Å². The Labute approximate surface area is 130 Å². The molecule has 3 heteroatoms. The molecule has 0 atom stereocenters. The molecule has 0 radical (unpaired) electrons. The number of nitrogens with zero attached hydrogens (tertiary/aromatic N) is 1. The fraction of sp³-hybridized carbons (Fsp3) is 0.647. The molecule has 1 aromatic rings. The van der Waals surface area contributed by atoms with Gasteiger partial charge in [-0.1, -0.05) is 36.2 Å². The number of aryl methyl sites for hydroxylation is 2. The van der Waals surface area contributed by atoms with Crippen molar-refractivity contribution < 1.29 is 0 Å². The van der Waals surface area contributed by atoms with E-state index in [1.165, 1.54) is 55.6 Å². The van der Waals surface area contributed by atoms with Gasteiger partial charge in [-0.25, -0.2) is 0 Å². The minimum atomic E-state index is 0. The minimum absolute atomic E-state index is 0. The molecule has 1 aliphatic heterocycles. The van der Waals surface area contributed by atoms with Crippen LogP contribution in [0, 0.1) is 13.8 Å². The van der Waals surface area contributed by atoms with Gasteiger partial charge in [0.1, 0.15) is 0 Å². The van der Waals surface area contributed by atoms with Crippen LogP contribution in [0.1, 0.15) is 42.9 Å². The topological polar surface area (TPSA) is 15.3 Å². The van der Waals surface area contributed by atoms with Gasteiger partial charge in [-0.05, 0) is 58.3 Å². The SMILES string of the molecule is CCCN(Cc1cc(C)cc(C)c1)C1CCNCC1.Cl. The predicted molar refractivity (Wildman–Crippen MR) is 89.8 cm³/mol. The van der Waals surface area contributed by atoms with Gasteiger partial charge in [-0.2, -0.15) is 0 Å². The Kier molecular flexibility index (Phi) is 7.57. The zero-order valence-electron chi connectivity index (χ0n) is 13.1. The number of rotatable bonds is 5. The molecule has 0 amide bonds. The van der Waals surface area contributed by atoms with Gasteiger partial charge in [0.15, 0.2) is 0 Å². The average molecular weight is 297 g/mol. The normalized spacial score (nSPS) is 16.2. The van der Waals surface area contributed by atoms with Gasteiger partial charge in [0, 0.05) is 12.6 Å². The average Bonchev–Trinajstić information content (AvgIpc) is 2.38. The first kappa shape index (κ1) is 17.5. The molecule has 1 aliphatic rings. The highest BCUT2D eigenvalue weighted by Gasteiger charge is 2.20. The minimum Gasteiger partial charge on any atom is -0.317 e. The lowest BCUT2D eigenvalue weighted by atomic mass is 10.0. The maximum atomic E-state index is 3.47. The van der Waals surface area contributed by atoms with Crippen molar-refractivity contribution in [1.82, 2.24) is 10.2 Å². The van der Waals surface area contributed by atoms with Gasteiger partial charge in [-0.15, -0.1) is 12.4 Å². The van der Waals surface area contributed by atoms with E-state index in [9.17, 15) is 0 Å². The molecule has 2 rings (SSSR count). The van der Waals surface area contributed by atoms with E-state index in [0.29, 0.717) is 0 Å². The summed E-state index contributed by atoms with van der Waals surface area (Å²) in [6.45, 7) is 11.4. The standard InChI is InChI=1S/C17H28N2.ClH/c1-4-9-19(17-5-7-18-8-6-17)13-16-11-14(2)10-15(3)12-16;/h10-12,17-18H,4-9,13H2,1-3H3;1H. The lowest BCUT2D eigenvalue weighted by molar-refractivity contribution is 0.154. The van der Waals surface area contributed by atoms with Gasteiger partial charge in [0.2, 0.25) is 0 Å². The Morgan fingerprint density at radius 2 is 1.70 bits per heavy atom. The van der Waals surface area contributed by atoms with E-state index in [1.54, 1.807) is 0 Å². The van der Waals surface area contributed by atoms with E-state index in [1.807, 2.05) is 0 Å². The van der Waals surface area contributed by atoms with Crippen LogP contribution in [0.4, 0.5) is 0 Å². The lowest BCUT2D eigenvalue weighted by Crippen LogP contribution is -2.43. The smallest absolute Gasteiger partial charge is 0.0236 e. The summed E-state index contributed by atoms with van der Waals surface area (Å²) in [5, 5.41) is 3.47. The van der Waals surface area contributed by atoms with Gasteiger partial charge in [0.05, 0.1) is 0 Å². The molecule has 1 heterocycles. The van der Waals surface area contributed by atoms with Crippen molar-refractivity contribution >= 4 is 12.4 Å². The van der Waals surface area contributed by atoms with E-state index in [4.69, 9.17) is 0 Å². The van der Waals surface area contributed by atoms with Crippen molar-refractivity contribution in [3.63, 3.8) is 0 Å². The largest absolute Gasteiger partial charge is 0.317 e. The zero-order valence-corrected chi connectivity index (χ0v) is 13.9. The predicted octanol–water partition coefficient (Wildman–Crippen LogP) is 3.69. The highest BCUT2D eigenvalue weighted by atomic mass is 35.5. The number of benzene rings is 1. The second-order valence-corrected chi connectivity index (χ2v) is 5.95. The molecular formula is C17H29ClN2. The Balaban J connectivity index is 0.00000200. The fourth-order valence-corrected chi connectivity index (χ4v) is 3.24. The maximum absolute atomic E-state index is 3.47. The summed E-state index contributed by atoms with van der Waals surface area (Å²) in [7, 11) is 0. The number of hydrogen-bond acceptors (Lipinski definition) is 2. The molecule has 0 saturated carbocycles. The lowest BCUT2D eigenvalue weighted by Gasteiger charge is -2.34. The molecule has 0 aliphatic carbocycles. The zero-order chi connectivity index (χ0) is 13.7. The summed E-state index contributed by atoms with van der Waals surface area (Å²) in [6, 6.07) is 7.72. The Hall–Kier alpha value is -0.570. The van der Waals surface area contributed by atoms with Crippen LogP contribution < -0.4 is 5.32 Å². The van der Waals surface area contributed by atoms with E-state index in [-0.39, 0.29) is 12.4 Å². The van der Waals surface area contributed by atoms with Gasteiger partial charge >= 0.3 is 0 Å². The Bertz CT molecular complexity index is 380. The van der Waals surface area contributed by atoms with E-state index < -0.39 is 0 Å². The molecule has 1 N–H and O–H groups in total. The first-order valence-corrected chi connectivity index (χ1v) is 7.71. The van der Waals surface area contributed by atoms with Crippen molar-refractivity contribution in [1.29, 1.82) is 0 Å². The molecule has 2 nitrogen and oxygen atoms in total. The maximum Gasteiger partial charge on any atom is 0.0236 e. The molecular weight excluding hydrogens is 268 g/mol. The highest BCUT2D eigenvalue weighted by molar-refractivity contribution is 5.85. The molecule has 1 fully saturated rings. The third-order valence-corrected chi connectivity index (χ3v) is 4.00. The van der Waals surface area contributed by atoms with Crippen LogP contribution in [0.3, 0.4) is 0 Å². The van der Waals surface area contributed by atoms with Gasteiger partial charge in [0.25, 0.3) is 0 Å². The summed E-state index contributed by atoms with van der Waals surface area (Å²) in [6.07, 6.45) is 3.84. The summed E-state index contributed by atoms with van der Waals surface area (Å²) in [5.41, 5.74) is 4.25. The third kappa shape index (κ3) is 5.08. The summed E-state index contributed by atoms with van der Waals surface area (Å²) in [5.74, 6) is 0. The van der Waals surface area contributed by atoms with Crippen LogP contribution in [0.2, 0.25) is 0 Å². The number of nitrogens with one attached hydrogen (secondary N) is 1. The molecule has 20 heavy (non-hydrogen) atoms. The third-order valence-electron chi connectivity index (χ3n) is 4.00. The molecule has 0 aromatic heterocycles. The van der Waals surface area contributed by atoms with Crippen molar-refractivity contribution in [3.8, 4) is 0 Å². The summed E-state index contributed by atoms with van der Waals surface area (Å²) >= 11 is 0.